The number of thiophene rings is 1. The van der Waals surface area contributed by atoms with Crippen molar-refractivity contribution < 1.29 is 4.74 Å². The SMILES string of the molecule is CC(C)Oc1c(N2CCC(N(C)C)CC2)sc(C#N)c1N. The summed E-state index contributed by atoms with van der Waals surface area (Å²) in [5.74, 6) is 0.690. The van der Waals surface area contributed by atoms with Gasteiger partial charge in [0.15, 0.2) is 5.75 Å². The summed E-state index contributed by atoms with van der Waals surface area (Å²) in [4.78, 5) is 5.14. The Morgan fingerprint density at radius 1 is 1.38 bits per heavy atom. The van der Waals surface area contributed by atoms with Crippen molar-refractivity contribution in [3.8, 4) is 11.8 Å². The zero-order chi connectivity index (χ0) is 15.6. The summed E-state index contributed by atoms with van der Waals surface area (Å²) in [6, 6.07) is 2.80. The van der Waals surface area contributed by atoms with E-state index in [2.05, 4.69) is 30.0 Å². The summed E-state index contributed by atoms with van der Waals surface area (Å²) in [5, 5.41) is 10.2. The van der Waals surface area contributed by atoms with Gasteiger partial charge in [-0.05, 0) is 40.8 Å². The van der Waals surface area contributed by atoms with Crippen LogP contribution < -0.4 is 15.4 Å². The van der Waals surface area contributed by atoms with Gasteiger partial charge in [-0.3, -0.25) is 0 Å². The van der Waals surface area contributed by atoms with E-state index >= 15 is 0 Å². The van der Waals surface area contributed by atoms with Gasteiger partial charge in [0.05, 0.1) is 6.10 Å². The van der Waals surface area contributed by atoms with Crippen LogP contribution in [0.2, 0.25) is 0 Å². The second kappa shape index (κ2) is 6.54. The maximum atomic E-state index is 9.20. The van der Waals surface area contributed by atoms with Gasteiger partial charge in [-0.25, -0.2) is 0 Å². The number of nitrogens with zero attached hydrogens (tertiary/aromatic N) is 3. The first kappa shape index (κ1) is 15.9. The van der Waals surface area contributed by atoms with Crippen LogP contribution in [0.15, 0.2) is 0 Å². The topological polar surface area (TPSA) is 65.5 Å². The summed E-state index contributed by atoms with van der Waals surface area (Å²) < 4.78 is 5.87. The third-order valence-corrected chi connectivity index (χ3v) is 4.97. The first-order valence-corrected chi connectivity index (χ1v) is 8.16. The fourth-order valence-corrected chi connectivity index (χ4v) is 3.65. The van der Waals surface area contributed by atoms with Gasteiger partial charge in [-0.2, -0.15) is 5.26 Å². The van der Waals surface area contributed by atoms with Crippen molar-refractivity contribution in [3.05, 3.63) is 4.88 Å². The molecule has 116 valence electrons. The van der Waals surface area contributed by atoms with Crippen molar-refractivity contribution in [2.24, 2.45) is 0 Å². The Balaban J connectivity index is 2.22. The van der Waals surface area contributed by atoms with Gasteiger partial charge >= 0.3 is 0 Å². The molecule has 0 saturated carbocycles. The minimum absolute atomic E-state index is 0.0477. The molecular formula is C15H24N4OS. The Morgan fingerprint density at radius 2 is 2.00 bits per heavy atom. The monoisotopic (exact) mass is 308 g/mol. The van der Waals surface area contributed by atoms with E-state index in [-0.39, 0.29) is 6.10 Å². The summed E-state index contributed by atoms with van der Waals surface area (Å²) in [5.41, 5.74) is 6.56. The molecular weight excluding hydrogens is 284 g/mol. The minimum Gasteiger partial charge on any atom is -0.486 e. The summed E-state index contributed by atoms with van der Waals surface area (Å²) in [7, 11) is 4.26. The predicted octanol–water partition coefficient (Wildman–Crippen LogP) is 2.52. The van der Waals surface area contributed by atoms with Crippen LogP contribution in [0.4, 0.5) is 10.7 Å². The van der Waals surface area contributed by atoms with E-state index in [0.717, 1.165) is 30.9 Å². The van der Waals surface area contributed by atoms with E-state index in [9.17, 15) is 5.26 Å². The second-order valence-electron chi connectivity index (χ2n) is 5.94. The molecule has 0 amide bonds. The molecule has 2 N–H and O–H groups in total. The van der Waals surface area contributed by atoms with Crippen molar-refractivity contribution in [1.29, 1.82) is 5.26 Å². The van der Waals surface area contributed by atoms with Gasteiger partial charge in [-0.15, -0.1) is 11.3 Å². The molecule has 1 aromatic rings. The van der Waals surface area contributed by atoms with Crippen molar-refractivity contribution >= 4 is 22.0 Å². The standard InChI is InChI=1S/C15H24N4OS/c1-10(2)20-14-13(17)12(9-16)21-15(14)19-7-5-11(6-8-19)18(3)4/h10-11H,5-8,17H2,1-4H3. The molecule has 0 spiro atoms. The number of nitriles is 1. The van der Waals surface area contributed by atoms with Crippen LogP contribution in [0, 0.1) is 11.3 Å². The van der Waals surface area contributed by atoms with Gasteiger partial charge in [0.1, 0.15) is 21.6 Å². The van der Waals surface area contributed by atoms with Crippen LogP contribution in [0.3, 0.4) is 0 Å². The Hall–Kier alpha value is -1.45. The first-order chi connectivity index (χ1) is 9.93. The molecule has 1 aromatic heterocycles. The highest BCUT2D eigenvalue weighted by Gasteiger charge is 2.27. The first-order valence-electron chi connectivity index (χ1n) is 7.34. The quantitative estimate of drug-likeness (QED) is 0.926. The van der Waals surface area contributed by atoms with Gasteiger partial charge in [0, 0.05) is 19.1 Å². The normalized spacial score (nSPS) is 16.5. The molecule has 0 unspecified atom stereocenters. The Morgan fingerprint density at radius 3 is 2.48 bits per heavy atom. The molecule has 0 radical (unpaired) electrons. The average Bonchev–Trinajstić information content (AvgIpc) is 2.75. The van der Waals surface area contributed by atoms with E-state index in [4.69, 9.17) is 10.5 Å². The molecule has 2 rings (SSSR count). The van der Waals surface area contributed by atoms with Gasteiger partial charge in [-0.1, -0.05) is 0 Å². The molecule has 1 aliphatic heterocycles. The maximum absolute atomic E-state index is 9.20. The molecule has 0 bridgehead atoms. The molecule has 5 nitrogen and oxygen atoms in total. The maximum Gasteiger partial charge on any atom is 0.178 e. The van der Waals surface area contributed by atoms with Crippen LogP contribution in [-0.4, -0.2) is 44.2 Å². The van der Waals surface area contributed by atoms with Crippen LogP contribution >= 0.6 is 11.3 Å². The number of rotatable bonds is 4. The zero-order valence-electron chi connectivity index (χ0n) is 13.2. The fraction of sp³-hybridized carbons (Fsp3) is 0.667. The van der Waals surface area contributed by atoms with Crippen molar-refractivity contribution in [1.82, 2.24) is 4.90 Å². The van der Waals surface area contributed by atoms with Crippen molar-refractivity contribution in [2.45, 2.75) is 38.8 Å². The average molecular weight is 308 g/mol. The Kier molecular flexibility index (Phi) is 4.96. The number of hydrogen-bond acceptors (Lipinski definition) is 6. The molecule has 1 saturated heterocycles. The number of anilines is 2. The highest BCUT2D eigenvalue weighted by atomic mass is 32.1. The molecule has 1 fully saturated rings. The molecule has 6 heteroatoms. The molecule has 0 aliphatic carbocycles. The lowest BCUT2D eigenvalue weighted by Gasteiger charge is -2.36. The highest BCUT2D eigenvalue weighted by Crippen LogP contribution is 2.45. The van der Waals surface area contributed by atoms with Crippen LogP contribution in [0.1, 0.15) is 31.6 Å². The summed E-state index contributed by atoms with van der Waals surface area (Å²) >= 11 is 1.45. The number of ether oxygens (including phenoxy) is 1. The molecule has 0 atom stereocenters. The van der Waals surface area contributed by atoms with E-state index in [1.807, 2.05) is 13.8 Å². The lowest BCUT2D eigenvalue weighted by atomic mass is 10.0. The summed E-state index contributed by atoms with van der Waals surface area (Å²) in [6.07, 6.45) is 2.29. The van der Waals surface area contributed by atoms with E-state index in [0.29, 0.717) is 22.4 Å². The predicted molar refractivity (Wildman–Crippen MR) is 88.1 cm³/mol. The van der Waals surface area contributed by atoms with Crippen LogP contribution in [0.25, 0.3) is 0 Å². The molecule has 1 aliphatic rings. The van der Waals surface area contributed by atoms with Crippen LogP contribution in [0.5, 0.6) is 5.75 Å². The lowest BCUT2D eigenvalue weighted by Crippen LogP contribution is -2.41. The van der Waals surface area contributed by atoms with E-state index < -0.39 is 0 Å². The van der Waals surface area contributed by atoms with Crippen LogP contribution in [-0.2, 0) is 0 Å². The van der Waals surface area contributed by atoms with Gasteiger partial charge in [0.2, 0.25) is 0 Å². The zero-order valence-corrected chi connectivity index (χ0v) is 14.0. The van der Waals surface area contributed by atoms with E-state index in [1.165, 1.54) is 11.3 Å². The molecule has 21 heavy (non-hydrogen) atoms. The number of nitrogen functional groups attached to an aromatic ring is 1. The second-order valence-corrected chi connectivity index (χ2v) is 6.94. The van der Waals surface area contributed by atoms with Gasteiger partial charge < -0.3 is 20.3 Å². The molecule has 0 aromatic carbocycles. The molecule has 2 heterocycles. The van der Waals surface area contributed by atoms with E-state index in [1.54, 1.807) is 0 Å². The number of piperidine rings is 1. The van der Waals surface area contributed by atoms with Crippen molar-refractivity contribution in [3.63, 3.8) is 0 Å². The van der Waals surface area contributed by atoms with Crippen molar-refractivity contribution in [2.75, 3.05) is 37.8 Å². The smallest absolute Gasteiger partial charge is 0.178 e. The summed E-state index contributed by atoms with van der Waals surface area (Å²) in [6.45, 7) is 5.90. The Bertz CT molecular complexity index is 525. The highest BCUT2D eigenvalue weighted by molar-refractivity contribution is 7.17. The fourth-order valence-electron chi connectivity index (χ4n) is 2.64. The lowest BCUT2D eigenvalue weighted by molar-refractivity contribution is 0.239. The van der Waals surface area contributed by atoms with Gasteiger partial charge in [0.25, 0.3) is 0 Å². The number of nitrogens with two attached hydrogens (primary N) is 1. The largest absolute Gasteiger partial charge is 0.486 e. The minimum atomic E-state index is 0.0477. The third-order valence-electron chi connectivity index (χ3n) is 3.82. The Labute approximate surface area is 130 Å². The number of hydrogen-bond donors (Lipinski definition) is 1. The third kappa shape index (κ3) is 3.42.